The number of nitrogen functional groups attached to an aromatic ring is 1. The van der Waals surface area contributed by atoms with Crippen LogP contribution >= 0.6 is 11.8 Å². The molecule has 0 amide bonds. The van der Waals surface area contributed by atoms with Crippen molar-refractivity contribution >= 4 is 23.1 Å². The Balaban J connectivity index is 2.25. The third-order valence-corrected chi connectivity index (χ3v) is 4.53. The molecule has 1 aromatic rings. The highest BCUT2D eigenvalue weighted by atomic mass is 32.2. The number of nitrogens with zero attached hydrogens (tertiary/aromatic N) is 1. The molecule has 2 rings (SSSR count). The molecule has 3 nitrogen and oxygen atoms in total. The number of ether oxygens (including phenoxy) is 1. The Morgan fingerprint density at radius 1 is 1.35 bits per heavy atom. The van der Waals surface area contributed by atoms with E-state index in [1.165, 1.54) is 6.07 Å². The van der Waals surface area contributed by atoms with Gasteiger partial charge < -0.3 is 15.4 Å². The van der Waals surface area contributed by atoms with Gasteiger partial charge in [0.2, 0.25) is 0 Å². The van der Waals surface area contributed by atoms with Gasteiger partial charge in [-0.1, -0.05) is 20.8 Å². The molecule has 1 saturated heterocycles. The quantitative estimate of drug-likeness (QED) is 0.863. The number of hydrogen-bond donors (Lipinski definition) is 1. The molecule has 1 aliphatic rings. The fourth-order valence-corrected chi connectivity index (χ4v) is 3.85. The second-order valence-corrected chi connectivity index (χ2v) is 7.23. The Kier molecular flexibility index (Phi) is 5.02. The Morgan fingerprint density at radius 3 is 2.60 bits per heavy atom. The Bertz CT molecular complexity index is 459. The van der Waals surface area contributed by atoms with E-state index < -0.39 is 0 Å². The number of rotatable bonds is 4. The first-order valence-corrected chi connectivity index (χ1v) is 8.07. The smallest absolute Gasteiger partial charge is 0.167 e. The lowest BCUT2D eigenvalue weighted by molar-refractivity contribution is 0.301. The van der Waals surface area contributed by atoms with Gasteiger partial charge >= 0.3 is 0 Å². The summed E-state index contributed by atoms with van der Waals surface area (Å²) in [4.78, 5) is 2.24. The highest BCUT2D eigenvalue weighted by Crippen LogP contribution is 2.35. The molecule has 1 aromatic carbocycles. The van der Waals surface area contributed by atoms with Crippen LogP contribution in [0.3, 0.4) is 0 Å². The number of nitrogens with two attached hydrogens (primary N) is 1. The van der Waals surface area contributed by atoms with Gasteiger partial charge in [0.1, 0.15) is 0 Å². The van der Waals surface area contributed by atoms with Crippen molar-refractivity contribution in [3.8, 4) is 5.75 Å². The molecule has 2 N–H and O–H groups in total. The minimum absolute atomic E-state index is 0.301. The van der Waals surface area contributed by atoms with Crippen molar-refractivity contribution in [1.82, 2.24) is 0 Å². The lowest BCUT2D eigenvalue weighted by Gasteiger charge is -2.37. The van der Waals surface area contributed by atoms with Crippen LogP contribution in [0, 0.1) is 5.82 Å². The molecule has 0 spiro atoms. The highest BCUT2D eigenvalue weighted by Gasteiger charge is 2.24. The second-order valence-electron chi connectivity index (χ2n) is 5.35. The summed E-state index contributed by atoms with van der Waals surface area (Å²) in [5, 5.41) is 1.09. The van der Waals surface area contributed by atoms with Crippen molar-refractivity contribution in [2.45, 2.75) is 37.7 Å². The van der Waals surface area contributed by atoms with E-state index in [-0.39, 0.29) is 5.82 Å². The largest absolute Gasteiger partial charge is 0.490 e. The van der Waals surface area contributed by atoms with Gasteiger partial charge in [0.25, 0.3) is 0 Å². The number of halogens is 1. The third kappa shape index (κ3) is 3.51. The molecular formula is C15H23FN2OS. The molecule has 112 valence electrons. The molecule has 2 atom stereocenters. The summed E-state index contributed by atoms with van der Waals surface area (Å²) in [6, 6.07) is 3.12. The van der Waals surface area contributed by atoms with Crippen LogP contribution in [-0.2, 0) is 0 Å². The van der Waals surface area contributed by atoms with E-state index in [0.29, 0.717) is 28.5 Å². The monoisotopic (exact) mass is 298 g/mol. The molecule has 0 bridgehead atoms. The maximum Gasteiger partial charge on any atom is 0.167 e. The fourth-order valence-electron chi connectivity index (χ4n) is 2.53. The standard InChI is InChI=1S/C15H23FN2OS/c1-4-5-19-15-7-14(13(17)6-12(15)16)18-8-10(2)20-11(3)9-18/h6-7,10-11H,4-5,8-9,17H2,1-3H3. The van der Waals surface area contributed by atoms with Gasteiger partial charge in [0.05, 0.1) is 18.0 Å². The minimum Gasteiger partial charge on any atom is -0.490 e. The molecular weight excluding hydrogens is 275 g/mol. The summed E-state index contributed by atoms with van der Waals surface area (Å²) in [5.74, 6) is -0.0817. The molecule has 1 fully saturated rings. The van der Waals surface area contributed by atoms with Crippen molar-refractivity contribution in [2.24, 2.45) is 0 Å². The van der Waals surface area contributed by atoms with E-state index in [4.69, 9.17) is 10.5 Å². The van der Waals surface area contributed by atoms with Crippen LogP contribution in [0.2, 0.25) is 0 Å². The molecule has 20 heavy (non-hydrogen) atoms. The predicted octanol–water partition coefficient (Wildman–Crippen LogP) is 3.53. The summed E-state index contributed by atoms with van der Waals surface area (Å²) in [6.45, 7) is 8.80. The molecule has 0 radical (unpaired) electrons. The van der Waals surface area contributed by atoms with Crippen LogP contribution in [0.25, 0.3) is 0 Å². The van der Waals surface area contributed by atoms with E-state index in [9.17, 15) is 4.39 Å². The lowest BCUT2D eigenvalue weighted by Crippen LogP contribution is -2.40. The average Bonchev–Trinajstić information content (AvgIpc) is 2.36. The van der Waals surface area contributed by atoms with Gasteiger partial charge in [0, 0.05) is 35.7 Å². The predicted molar refractivity (Wildman–Crippen MR) is 85.3 cm³/mol. The highest BCUT2D eigenvalue weighted by molar-refractivity contribution is 8.00. The zero-order valence-corrected chi connectivity index (χ0v) is 13.2. The Morgan fingerprint density at radius 2 is 2.00 bits per heavy atom. The number of thioether (sulfide) groups is 1. The fraction of sp³-hybridized carbons (Fsp3) is 0.600. The number of anilines is 2. The minimum atomic E-state index is -0.382. The van der Waals surface area contributed by atoms with Gasteiger partial charge in [-0.2, -0.15) is 11.8 Å². The zero-order valence-electron chi connectivity index (χ0n) is 12.4. The molecule has 1 heterocycles. The first kappa shape index (κ1) is 15.3. The van der Waals surface area contributed by atoms with Crippen molar-refractivity contribution in [3.63, 3.8) is 0 Å². The van der Waals surface area contributed by atoms with Crippen molar-refractivity contribution < 1.29 is 9.13 Å². The van der Waals surface area contributed by atoms with E-state index in [0.717, 1.165) is 25.2 Å². The average molecular weight is 298 g/mol. The summed E-state index contributed by atoms with van der Waals surface area (Å²) >= 11 is 1.98. The molecule has 1 aliphatic heterocycles. The maximum absolute atomic E-state index is 13.8. The van der Waals surface area contributed by atoms with Crippen molar-refractivity contribution in [3.05, 3.63) is 17.9 Å². The zero-order chi connectivity index (χ0) is 14.7. The van der Waals surface area contributed by atoms with Gasteiger partial charge in [0.15, 0.2) is 11.6 Å². The summed E-state index contributed by atoms with van der Waals surface area (Å²) in [7, 11) is 0. The van der Waals surface area contributed by atoms with E-state index >= 15 is 0 Å². The topological polar surface area (TPSA) is 38.5 Å². The van der Waals surface area contributed by atoms with Crippen molar-refractivity contribution in [1.29, 1.82) is 0 Å². The second kappa shape index (κ2) is 6.57. The normalized spacial score (nSPS) is 22.9. The molecule has 5 heteroatoms. The van der Waals surface area contributed by atoms with Crippen LogP contribution in [0.4, 0.5) is 15.8 Å². The summed E-state index contributed by atoms with van der Waals surface area (Å²) in [5.41, 5.74) is 7.37. The number of benzene rings is 1. The van der Waals surface area contributed by atoms with Gasteiger partial charge in [-0.05, 0) is 6.42 Å². The van der Waals surface area contributed by atoms with Crippen LogP contribution in [0.5, 0.6) is 5.75 Å². The van der Waals surface area contributed by atoms with Crippen LogP contribution in [-0.4, -0.2) is 30.2 Å². The van der Waals surface area contributed by atoms with Crippen LogP contribution < -0.4 is 15.4 Å². The molecule has 2 unspecified atom stereocenters. The maximum atomic E-state index is 13.8. The summed E-state index contributed by atoms with van der Waals surface area (Å²) < 4.78 is 19.3. The Labute approximate surface area is 124 Å². The SMILES string of the molecule is CCCOc1cc(N2CC(C)SC(C)C2)c(N)cc1F. The summed E-state index contributed by atoms with van der Waals surface area (Å²) in [6.07, 6.45) is 0.855. The lowest BCUT2D eigenvalue weighted by atomic mass is 10.2. The van der Waals surface area contributed by atoms with Crippen LogP contribution in [0.15, 0.2) is 12.1 Å². The van der Waals surface area contributed by atoms with E-state index in [2.05, 4.69) is 18.7 Å². The van der Waals surface area contributed by atoms with Gasteiger partial charge in [-0.25, -0.2) is 4.39 Å². The van der Waals surface area contributed by atoms with Gasteiger partial charge in [-0.3, -0.25) is 0 Å². The van der Waals surface area contributed by atoms with Gasteiger partial charge in [-0.15, -0.1) is 0 Å². The van der Waals surface area contributed by atoms with Crippen molar-refractivity contribution in [2.75, 3.05) is 30.3 Å². The first-order chi connectivity index (χ1) is 9.51. The van der Waals surface area contributed by atoms with E-state index in [1.54, 1.807) is 6.07 Å². The number of hydrogen-bond acceptors (Lipinski definition) is 4. The molecule has 0 saturated carbocycles. The first-order valence-electron chi connectivity index (χ1n) is 7.13. The molecule has 0 aromatic heterocycles. The van der Waals surface area contributed by atoms with E-state index in [1.807, 2.05) is 18.7 Å². The molecule has 0 aliphatic carbocycles. The van der Waals surface area contributed by atoms with Crippen LogP contribution in [0.1, 0.15) is 27.2 Å². The third-order valence-electron chi connectivity index (χ3n) is 3.30. The Hall–Kier alpha value is -1.10.